The minimum Gasteiger partial charge on any atom is -0.482 e. The lowest BCUT2D eigenvalue weighted by Crippen LogP contribution is -2.37. The molecule has 1 aromatic carbocycles. The van der Waals surface area contributed by atoms with Crippen LogP contribution in [0.15, 0.2) is 12.1 Å². The minimum absolute atomic E-state index is 0.0740. The number of benzene rings is 1. The molecule has 0 saturated heterocycles. The molecule has 21 heavy (non-hydrogen) atoms. The van der Waals surface area contributed by atoms with Crippen molar-refractivity contribution in [3.8, 4) is 5.75 Å². The molecular formula is C15H22Cl2N2O2. The van der Waals surface area contributed by atoms with Crippen LogP contribution in [-0.2, 0) is 11.2 Å². The highest BCUT2D eigenvalue weighted by molar-refractivity contribution is 6.35. The Hall–Kier alpha value is -0.970. The summed E-state index contributed by atoms with van der Waals surface area (Å²) in [6.07, 6.45) is 2.37. The van der Waals surface area contributed by atoms with Gasteiger partial charge in [-0.3, -0.25) is 4.79 Å². The van der Waals surface area contributed by atoms with Crippen molar-refractivity contribution < 1.29 is 9.53 Å². The zero-order chi connectivity index (χ0) is 15.8. The Kier molecular flexibility index (Phi) is 7.86. The van der Waals surface area contributed by atoms with Crippen molar-refractivity contribution in [2.24, 2.45) is 5.73 Å². The van der Waals surface area contributed by atoms with Crippen molar-refractivity contribution >= 4 is 29.1 Å². The number of carbonyl (C=O) groups excluding carboxylic acids is 1. The van der Waals surface area contributed by atoms with Crippen molar-refractivity contribution in [1.29, 1.82) is 0 Å². The molecule has 0 atom stereocenters. The Morgan fingerprint density at radius 2 is 2.00 bits per heavy atom. The van der Waals surface area contributed by atoms with Crippen molar-refractivity contribution in [2.75, 3.05) is 13.2 Å². The lowest BCUT2D eigenvalue weighted by molar-refractivity contribution is -0.123. The summed E-state index contributed by atoms with van der Waals surface area (Å²) in [4.78, 5) is 11.9. The van der Waals surface area contributed by atoms with E-state index in [1.807, 2.05) is 13.8 Å². The molecule has 0 unspecified atom stereocenters. The Morgan fingerprint density at radius 3 is 2.57 bits per heavy atom. The van der Waals surface area contributed by atoms with E-state index in [2.05, 4.69) is 5.32 Å². The lowest BCUT2D eigenvalue weighted by Gasteiger charge is -2.17. The second-order valence-electron chi connectivity index (χ2n) is 4.78. The van der Waals surface area contributed by atoms with Crippen LogP contribution in [0.25, 0.3) is 0 Å². The van der Waals surface area contributed by atoms with E-state index in [4.69, 9.17) is 33.7 Å². The maximum atomic E-state index is 11.9. The predicted octanol–water partition coefficient (Wildman–Crippen LogP) is 3.18. The number of rotatable bonds is 8. The van der Waals surface area contributed by atoms with Crippen molar-refractivity contribution in [1.82, 2.24) is 5.32 Å². The maximum absolute atomic E-state index is 11.9. The highest BCUT2D eigenvalue weighted by Crippen LogP contribution is 2.32. The van der Waals surface area contributed by atoms with Gasteiger partial charge in [0.15, 0.2) is 6.61 Å². The third kappa shape index (κ3) is 5.73. The van der Waals surface area contributed by atoms with Crippen LogP contribution in [0.3, 0.4) is 0 Å². The molecule has 3 N–H and O–H groups in total. The van der Waals surface area contributed by atoms with Gasteiger partial charge in [0, 0.05) is 11.1 Å². The quantitative estimate of drug-likeness (QED) is 0.768. The van der Waals surface area contributed by atoms with Gasteiger partial charge in [-0.05, 0) is 43.5 Å². The summed E-state index contributed by atoms with van der Waals surface area (Å²) in [6.45, 7) is 4.44. The number of nitrogens with two attached hydrogens (primary N) is 1. The lowest BCUT2D eigenvalue weighted by atomic mass is 10.1. The van der Waals surface area contributed by atoms with E-state index in [0.717, 1.165) is 18.4 Å². The first-order valence-electron chi connectivity index (χ1n) is 7.11. The van der Waals surface area contributed by atoms with Gasteiger partial charge in [0.25, 0.3) is 5.91 Å². The van der Waals surface area contributed by atoms with Gasteiger partial charge in [-0.2, -0.15) is 0 Å². The van der Waals surface area contributed by atoms with Crippen LogP contribution in [0.4, 0.5) is 0 Å². The molecule has 4 nitrogen and oxygen atoms in total. The van der Waals surface area contributed by atoms with Gasteiger partial charge < -0.3 is 15.8 Å². The normalized spacial score (nSPS) is 10.8. The Bertz CT molecular complexity index is 477. The smallest absolute Gasteiger partial charge is 0.258 e. The first-order chi connectivity index (χ1) is 10.0. The Balaban J connectivity index is 2.72. The standard InChI is InChI=1S/C15H22Cl2N2O2/c1-3-12(4-2)19-14(20)9-21-15-10(5-6-18)7-11(16)8-13(15)17/h7-8,12H,3-6,9,18H2,1-2H3,(H,19,20). The topological polar surface area (TPSA) is 64.3 Å². The highest BCUT2D eigenvalue weighted by Gasteiger charge is 2.14. The molecule has 0 aromatic heterocycles. The summed E-state index contributed by atoms with van der Waals surface area (Å²) in [5.41, 5.74) is 6.38. The third-order valence-corrected chi connectivity index (χ3v) is 3.70. The number of carbonyl (C=O) groups is 1. The highest BCUT2D eigenvalue weighted by atomic mass is 35.5. The number of nitrogens with one attached hydrogen (secondary N) is 1. The Labute approximate surface area is 135 Å². The van der Waals surface area contributed by atoms with Crippen LogP contribution < -0.4 is 15.8 Å². The van der Waals surface area contributed by atoms with E-state index < -0.39 is 0 Å². The second-order valence-corrected chi connectivity index (χ2v) is 5.63. The second kappa shape index (κ2) is 9.13. The molecule has 1 rings (SSSR count). The number of halogens is 2. The molecular weight excluding hydrogens is 311 g/mol. The average Bonchev–Trinajstić information content (AvgIpc) is 2.44. The summed E-state index contributed by atoms with van der Waals surface area (Å²) >= 11 is 12.1. The van der Waals surface area contributed by atoms with Gasteiger partial charge in [-0.1, -0.05) is 37.0 Å². The molecule has 0 spiro atoms. The fourth-order valence-corrected chi connectivity index (χ4v) is 2.61. The molecule has 1 aromatic rings. The SMILES string of the molecule is CCC(CC)NC(=O)COc1c(Cl)cc(Cl)cc1CCN. The van der Waals surface area contributed by atoms with Crippen molar-refractivity contribution in [3.63, 3.8) is 0 Å². The van der Waals surface area contributed by atoms with Gasteiger partial charge in [0.2, 0.25) is 0 Å². The maximum Gasteiger partial charge on any atom is 0.258 e. The molecule has 0 fully saturated rings. The molecule has 0 aliphatic rings. The van der Waals surface area contributed by atoms with E-state index in [-0.39, 0.29) is 18.6 Å². The van der Waals surface area contributed by atoms with E-state index in [9.17, 15) is 4.79 Å². The van der Waals surface area contributed by atoms with Crippen LogP contribution in [0.1, 0.15) is 32.3 Å². The van der Waals surface area contributed by atoms with Crippen LogP contribution in [0, 0.1) is 0 Å². The molecule has 0 radical (unpaired) electrons. The van der Waals surface area contributed by atoms with Crippen molar-refractivity contribution in [2.45, 2.75) is 39.2 Å². The molecule has 0 aliphatic heterocycles. The molecule has 6 heteroatoms. The van der Waals surface area contributed by atoms with Crippen molar-refractivity contribution in [3.05, 3.63) is 27.7 Å². The zero-order valence-electron chi connectivity index (χ0n) is 12.4. The predicted molar refractivity (Wildman–Crippen MR) is 87.2 cm³/mol. The van der Waals surface area contributed by atoms with Gasteiger partial charge >= 0.3 is 0 Å². The minimum atomic E-state index is -0.159. The van der Waals surface area contributed by atoms with E-state index in [1.165, 1.54) is 0 Å². The van der Waals surface area contributed by atoms with Gasteiger partial charge in [0.05, 0.1) is 5.02 Å². The van der Waals surface area contributed by atoms with Gasteiger partial charge in [0.1, 0.15) is 5.75 Å². The average molecular weight is 333 g/mol. The fourth-order valence-electron chi connectivity index (χ4n) is 2.02. The summed E-state index contributed by atoms with van der Waals surface area (Å²) in [5, 5.41) is 3.83. The molecule has 0 saturated carbocycles. The monoisotopic (exact) mass is 332 g/mol. The van der Waals surface area contributed by atoms with Gasteiger partial charge in [-0.15, -0.1) is 0 Å². The fraction of sp³-hybridized carbons (Fsp3) is 0.533. The number of hydrogen-bond acceptors (Lipinski definition) is 3. The molecule has 0 heterocycles. The Morgan fingerprint density at radius 1 is 1.33 bits per heavy atom. The molecule has 0 bridgehead atoms. The van der Waals surface area contributed by atoms with E-state index >= 15 is 0 Å². The van der Waals surface area contributed by atoms with Crippen LogP contribution in [0.5, 0.6) is 5.75 Å². The summed E-state index contributed by atoms with van der Waals surface area (Å²) < 4.78 is 5.57. The molecule has 1 amide bonds. The first-order valence-corrected chi connectivity index (χ1v) is 7.87. The first kappa shape index (κ1) is 18.1. The number of amides is 1. The van der Waals surface area contributed by atoms with Crippen LogP contribution in [0.2, 0.25) is 10.0 Å². The molecule has 118 valence electrons. The van der Waals surface area contributed by atoms with E-state index in [1.54, 1.807) is 12.1 Å². The largest absolute Gasteiger partial charge is 0.482 e. The van der Waals surface area contributed by atoms with Crippen LogP contribution >= 0.6 is 23.2 Å². The zero-order valence-corrected chi connectivity index (χ0v) is 13.9. The number of ether oxygens (including phenoxy) is 1. The van der Waals surface area contributed by atoms with Gasteiger partial charge in [-0.25, -0.2) is 0 Å². The summed E-state index contributed by atoms with van der Waals surface area (Å²) in [6, 6.07) is 3.52. The third-order valence-electron chi connectivity index (χ3n) is 3.20. The van der Waals surface area contributed by atoms with E-state index in [0.29, 0.717) is 28.8 Å². The number of hydrogen-bond donors (Lipinski definition) is 2. The van der Waals surface area contributed by atoms with Crippen LogP contribution in [-0.4, -0.2) is 25.1 Å². The molecule has 0 aliphatic carbocycles. The summed E-state index contributed by atoms with van der Waals surface area (Å²) in [5.74, 6) is 0.319. The summed E-state index contributed by atoms with van der Waals surface area (Å²) in [7, 11) is 0.